The second kappa shape index (κ2) is 7.38. The molecule has 4 heteroatoms. The highest BCUT2D eigenvalue weighted by Crippen LogP contribution is 2.36. The highest BCUT2D eigenvalue weighted by atomic mass is 32.1. The fourth-order valence-electron chi connectivity index (χ4n) is 2.36. The molecule has 1 aromatic heterocycles. The van der Waals surface area contributed by atoms with Gasteiger partial charge in [-0.05, 0) is 31.4 Å². The summed E-state index contributed by atoms with van der Waals surface area (Å²) in [6.45, 7) is 8.38. The van der Waals surface area contributed by atoms with Gasteiger partial charge in [-0.3, -0.25) is 0 Å². The average Bonchev–Trinajstić information content (AvgIpc) is 3.07. The molecule has 0 bridgehead atoms. The van der Waals surface area contributed by atoms with E-state index >= 15 is 0 Å². The summed E-state index contributed by atoms with van der Waals surface area (Å²) < 4.78 is 11.0. The van der Waals surface area contributed by atoms with Crippen LogP contribution < -0.4 is 14.4 Å². The Hall–Kier alpha value is -2.20. The number of anilines is 1. The Kier molecular flexibility index (Phi) is 5.50. The molecule has 0 aliphatic rings. The van der Waals surface area contributed by atoms with Gasteiger partial charge in [0.1, 0.15) is 11.5 Å². The van der Waals surface area contributed by atoms with Crippen molar-refractivity contribution in [3.63, 3.8) is 0 Å². The largest absolute Gasteiger partial charge is 0.496 e. The van der Waals surface area contributed by atoms with E-state index < -0.39 is 0 Å². The Labute approximate surface area is 142 Å². The summed E-state index contributed by atoms with van der Waals surface area (Å²) in [7, 11) is 5.34. The first-order chi connectivity index (χ1) is 11.0. The molecule has 2 aromatic rings. The fourth-order valence-corrected chi connectivity index (χ4v) is 3.03. The SMILES string of the molecule is C=C(c1cc(C=C(C)C)c(OC)cc1OC)N(C)c1ccsc1. The minimum Gasteiger partial charge on any atom is -0.496 e. The van der Waals surface area contributed by atoms with Crippen LogP contribution in [0.1, 0.15) is 25.0 Å². The Bertz CT molecular complexity index is 713. The maximum Gasteiger partial charge on any atom is 0.131 e. The van der Waals surface area contributed by atoms with Crippen LogP contribution >= 0.6 is 11.3 Å². The van der Waals surface area contributed by atoms with Crippen molar-refractivity contribution < 1.29 is 9.47 Å². The van der Waals surface area contributed by atoms with Crippen molar-refractivity contribution in [2.24, 2.45) is 0 Å². The van der Waals surface area contributed by atoms with E-state index in [0.717, 1.165) is 34.0 Å². The Morgan fingerprint density at radius 1 is 1.17 bits per heavy atom. The van der Waals surface area contributed by atoms with E-state index in [1.165, 1.54) is 5.57 Å². The van der Waals surface area contributed by atoms with E-state index in [4.69, 9.17) is 9.47 Å². The van der Waals surface area contributed by atoms with Gasteiger partial charge >= 0.3 is 0 Å². The molecule has 0 saturated heterocycles. The van der Waals surface area contributed by atoms with E-state index in [0.29, 0.717) is 0 Å². The second-order valence-electron chi connectivity index (χ2n) is 5.50. The lowest BCUT2D eigenvalue weighted by Crippen LogP contribution is -2.14. The van der Waals surface area contributed by atoms with Gasteiger partial charge < -0.3 is 14.4 Å². The summed E-state index contributed by atoms with van der Waals surface area (Å²) in [6.07, 6.45) is 2.10. The minimum absolute atomic E-state index is 0.750. The van der Waals surface area contributed by atoms with Crippen LogP contribution in [0.5, 0.6) is 11.5 Å². The quantitative estimate of drug-likeness (QED) is 0.718. The number of nitrogens with zero attached hydrogens (tertiary/aromatic N) is 1. The first-order valence-corrected chi connectivity index (χ1v) is 8.28. The third-order valence-corrected chi connectivity index (χ3v) is 4.28. The van der Waals surface area contributed by atoms with E-state index in [9.17, 15) is 0 Å². The Balaban J connectivity index is 2.51. The molecule has 122 valence electrons. The summed E-state index contributed by atoms with van der Waals surface area (Å²) in [4.78, 5) is 2.06. The summed E-state index contributed by atoms with van der Waals surface area (Å²) in [5.41, 5.74) is 5.17. The monoisotopic (exact) mass is 329 g/mol. The normalized spacial score (nSPS) is 10.1. The third-order valence-electron chi connectivity index (χ3n) is 3.61. The highest BCUT2D eigenvalue weighted by molar-refractivity contribution is 7.08. The number of rotatable bonds is 6. The van der Waals surface area contributed by atoms with Crippen LogP contribution in [-0.2, 0) is 0 Å². The second-order valence-corrected chi connectivity index (χ2v) is 6.28. The molecule has 23 heavy (non-hydrogen) atoms. The third kappa shape index (κ3) is 3.77. The van der Waals surface area contributed by atoms with Gasteiger partial charge in [0.2, 0.25) is 0 Å². The Morgan fingerprint density at radius 3 is 2.39 bits per heavy atom. The molecule has 0 saturated carbocycles. The van der Waals surface area contributed by atoms with Gasteiger partial charge in [0, 0.05) is 35.3 Å². The van der Waals surface area contributed by atoms with Crippen molar-refractivity contribution in [2.75, 3.05) is 26.2 Å². The summed E-state index contributed by atoms with van der Waals surface area (Å²) in [5, 5.41) is 4.15. The lowest BCUT2D eigenvalue weighted by molar-refractivity contribution is 0.393. The summed E-state index contributed by atoms with van der Waals surface area (Å²) in [6, 6.07) is 6.05. The number of hydrogen-bond acceptors (Lipinski definition) is 4. The predicted octanol–water partition coefficient (Wildman–Crippen LogP) is 5.30. The maximum atomic E-state index is 5.55. The zero-order chi connectivity index (χ0) is 17.0. The summed E-state index contributed by atoms with van der Waals surface area (Å²) >= 11 is 1.66. The van der Waals surface area contributed by atoms with Gasteiger partial charge in [-0.1, -0.05) is 18.2 Å². The molecular formula is C19H23NO2S. The molecule has 0 radical (unpaired) electrons. The predicted molar refractivity (Wildman–Crippen MR) is 101 cm³/mol. The van der Waals surface area contributed by atoms with Crippen molar-refractivity contribution in [1.29, 1.82) is 0 Å². The van der Waals surface area contributed by atoms with E-state index in [-0.39, 0.29) is 0 Å². The van der Waals surface area contributed by atoms with Crippen LogP contribution in [0.25, 0.3) is 11.8 Å². The lowest BCUT2D eigenvalue weighted by Gasteiger charge is -2.23. The van der Waals surface area contributed by atoms with Crippen molar-refractivity contribution in [3.05, 3.63) is 52.2 Å². The lowest BCUT2D eigenvalue weighted by atomic mass is 10.0. The molecule has 1 heterocycles. The van der Waals surface area contributed by atoms with E-state index in [2.05, 4.69) is 54.3 Å². The molecule has 2 rings (SSSR count). The fraction of sp³-hybridized carbons (Fsp3) is 0.263. The molecule has 0 amide bonds. The number of benzene rings is 1. The number of ether oxygens (including phenoxy) is 2. The highest BCUT2D eigenvalue weighted by Gasteiger charge is 2.16. The van der Waals surface area contributed by atoms with Crippen LogP contribution in [0.3, 0.4) is 0 Å². The molecule has 0 aliphatic heterocycles. The molecular weight excluding hydrogens is 306 g/mol. The topological polar surface area (TPSA) is 21.7 Å². The van der Waals surface area contributed by atoms with Gasteiger partial charge in [0.15, 0.2) is 0 Å². The van der Waals surface area contributed by atoms with Crippen LogP contribution in [0, 0.1) is 0 Å². The molecule has 1 aromatic carbocycles. The van der Waals surface area contributed by atoms with Gasteiger partial charge in [-0.15, -0.1) is 0 Å². The van der Waals surface area contributed by atoms with Gasteiger partial charge in [-0.25, -0.2) is 0 Å². The zero-order valence-electron chi connectivity index (χ0n) is 14.3. The van der Waals surface area contributed by atoms with Crippen LogP contribution in [-0.4, -0.2) is 21.3 Å². The van der Waals surface area contributed by atoms with Crippen molar-refractivity contribution in [2.45, 2.75) is 13.8 Å². The van der Waals surface area contributed by atoms with E-state index in [1.807, 2.05) is 13.1 Å². The number of allylic oxidation sites excluding steroid dienone is 1. The first kappa shape index (κ1) is 17.2. The van der Waals surface area contributed by atoms with Crippen molar-refractivity contribution in [1.82, 2.24) is 0 Å². The molecule has 0 unspecified atom stereocenters. The van der Waals surface area contributed by atoms with Gasteiger partial charge in [-0.2, -0.15) is 11.3 Å². The van der Waals surface area contributed by atoms with Crippen LogP contribution in [0.15, 0.2) is 41.1 Å². The first-order valence-electron chi connectivity index (χ1n) is 7.34. The molecule has 0 N–H and O–H groups in total. The van der Waals surface area contributed by atoms with Gasteiger partial charge in [0.05, 0.1) is 19.9 Å². The standard InChI is InChI=1S/C19H23NO2S/c1-13(2)9-15-10-17(19(22-6)11-18(15)21-5)14(3)20(4)16-7-8-23-12-16/h7-12H,3H2,1-2,4-6H3. The number of methoxy groups -OCH3 is 2. The van der Waals surface area contributed by atoms with Crippen LogP contribution in [0.4, 0.5) is 5.69 Å². The smallest absolute Gasteiger partial charge is 0.131 e. The van der Waals surface area contributed by atoms with E-state index in [1.54, 1.807) is 25.6 Å². The number of thiophene rings is 1. The minimum atomic E-state index is 0.750. The molecule has 0 aliphatic carbocycles. The summed E-state index contributed by atoms with van der Waals surface area (Å²) in [5.74, 6) is 1.54. The Morgan fingerprint density at radius 2 is 1.87 bits per heavy atom. The molecule has 3 nitrogen and oxygen atoms in total. The van der Waals surface area contributed by atoms with Crippen molar-refractivity contribution >= 4 is 28.8 Å². The van der Waals surface area contributed by atoms with Gasteiger partial charge in [0.25, 0.3) is 0 Å². The van der Waals surface area contributed by atoms with Crippen LogP contribution in [0.2, 0.25) is 0 Å². The van der Waals surface area contributed by atoms with Crippen molar-refractivity contribution in [3.8, 4) is 11.5 Å². The molecule has 0 atom stereocenters. The molecule has 0 spiro atoms. The zero-order valence-corrected chi connectivity index (χ0v) is 15.2. The number of hydrogen-bond donors (Lipinski definition) is 0. The average molecular weight is 329 g/mol. The molecule has 0 fully saturated rings. The maximum absolute atomic E-state index is 5.55.